The number of anilines is 1. The summed E-state index contributed by atoms with van der Waals surface area (Å²) < 4.78 is 10.2. The molecule has 1 atom stereocenters. The highest BCUT2D eigenvalue weighted by Crippen LogP contribution is 2.26. The first-order chi connectivity index (χ1) is 13.3. The van der Waals surface area contributed by atoms with Crippen LogP contribution < -0.4 is 10.1 Å². The number of nitrogens with one attached hydrogen (secondary N) is 1. The predicted octanol–water partition coefficient (Wildman–Crippen LogP) is 3.84. The molecule has 0 aromatic heterocycles. The number of halogens is 1. The van der Waals surface area contributed by atoms with Crippen molar-refractivity contribution >= 4 is 40.9 Å². The van der Waals surface area contributed by atoms with Crippen molar-refractivity contribution in [1.82, 2.24) is 0 Å². The van der Waals surface area contributed by atoms with Gasteiger partial charge in [-0.15, -0.1) is 0 Å². The Morgan fingerprint density at radius 3 is 2.64 bits per heavy atom. The zero-order valence-corrected chi connectivity index (χ0v) is 15.8. The van der Waals surface area contributed by atoms with Gasteiger partial charge in [0.15, 0.2) is 6.10 Å². The molecule has 2 aromatic carbocycles. The largest absolute Gasteiger partial charge is 0.495 e. The minimum atomic E-state index is -1.07. The number of para-hydroxylation sites is 2. The zero-order chi connectivity index (χ0) is 20.7. The van der Waals surface area contributed by atoms with E-state index in [1.807, 2.05) is 0 Å². The summed E-state index contributed by atoms with van der Waals surface area (Å²) in [6.45, 7) is 1.42. The molecule has 0 bridgehead atoms. The van der Waals surface area contributed by atoms with Gasteiger partial charge in [0.05, 0.1) is 17.7 Å². The first-order valence-electron chi connectivity index (χ1n) is 8.08. The lowest BCUT2D eigenvalue weighted by molar-refractivity contribution is -0.384. The molecule has 0 aliphatic carbocycles. The molecule has 0 spiro atoms. The maximum Gasteiger partial charge on any atom is 0.331 e. The third-order valence-electron chi connectivity index (χ3n) is 3.61. The Kier molecular flexibility index (Phi) is 7.11. The Bertz CT molecular complexity index is 928. The van der Waals surface area contributed by atoms with Gasteiger partial charge in [0.25, 0.3) is 11.6 Å². The predicted molar refractivity (Wildman–Crippen MR) is 104 cm³/mol. The first kappa shape index (κ1) is 20.9. The maximum atomic E-state index is 12.2. The number of carbonyl (C=O) groups excluding carboxylic acids is 2. The van der Waals surface area contributed by atoms with Gasteiger partial charge in [-0.05, 0) is 36.8 Å². The second-order valence-corrected chi connectivity index (χ2v) is 5.98. The lowest BCUT2D eigenvalue weighted by atomic mass is 10.2. The molecule has 0 heterocycles. The van der Waals surface area contributed by atoms with Crippen molar-refractivity contribution in [2.45, 2.75) is 13.0 Å². The van der Waals surface area contributed by atoms with E-state index in [2.05, 4.69) is 5.32 Å². The Morgan fingerprint density at radius 1 is 1.25 bits per heavy atom. The Balaban J connectivity index is 1.98. The van der Waals surface area contributed by atoms with Crippen molar-refractivity contribution in [1.29, 1.82) is 0 Å². The molecule has 146 valence electrons. The third-order valence-corrected chi connectivity index (χ3v) is 3.93. The fourth-order valence-electron chi connectivity index (χ4n) is 2.19. The number of esters is 1. The van der Waals surface area contributed by atoms with Gasteiger partial charge in [0.2, 0.25) is 0 Å². The van der Waals surface area contributed by atoms with Gasteiger partial charge in [-0.3, -0.25) is 14.9 Å². The topological polar surface area (TPSA) is 108 Å². The molecule has 0 fully saturated rings. The van der Waals surface area contributed by atoms with Crippen molar-refractivity contribution in [2.24, 2.45) is 0 Å². The van der Waals surface area contributed by atoms with Crippen molar-refractivity contribution in [3.05, 3.63) is 69.2 Å². The SMILES string of the molecule is COc1ccccc1NC(=O)C(C)OC(=O)/C=C/c1ccc(Cl)c([N+](=O)[O-])c1. The summed E-state index contributed by atoms with van der Waals surface area (Å²) in [5.41, 5.74) is 0.558. The number of nitro groups is 1. The van der Waals surface area contributed by atoms with Crippen molar-refractivity contribution in [3.8, 4) is 5.75 Å². The van der Waals surface area contributed by atoms with Gasteiger partial charge in [-0.2, -0.15) is 0 Å². The first-order valence-corrected chi connectivity index (χ1v) is 8.46. The van der Waals surface area contributed by atoms with Crippen LogP contribution in [0.5, 0.6) is 5.75 Å². The van der Waals surface area contributed by atoms with Gasteiger partial charge < -0.3 is 14.8 Å². The van der Waals surface area contributed by atoms with Crippen molar-refractivity contribution < 1.29 is 24.0 Å². The summed E-state index contributed by atoms with van der Waals surface area (Å²) in [5, 5.41) is 13.5. The Hall–Kier alpha value is -3.39. The molecule has 28 heavy (non-hydrogen) atoms. The number of rotatable bonds is 7. The molecule has 1 unspecified atom stereocenters. The van der Waals surface area contributed by atoms with Crippen LogP contribution in [0, 0.1) is 10.1 Å². The highest BCUT2D eigenvalue weighted by Gasteiger charge is 2.18. The zero-order valence-electron chi connectivity index (χ0n) is 15.0. The molecule has 1 N–H and O–H groups in total. The molecule has 0 saturated carbocycles. The van der Waals surface area contributed by atoms with E-state index in [-0.39, 0.29) is 10.7 Å². The molecule has 0 saturated heterocycles. The smallest absolute Gasteiger partial charge is 0.331 e. The lowest BCUT2D eigenvalue weighted by Gasteiger charge is -2.14. The molecule has 0 aliphatic heterocycles. The Labute approximate surface area is 165 Å². The average molecular weight is 405 g/mol. The quantitative estimate of drug-likeness (QED) is 0.325. The number of nitrogens with zero attached hydrogens (tertiary/aromatic N) is 1. The van der Waals surface area contributed by atoms with E-state index in [4.69, 9.17) is 21.1 Å². The van der Waals surface area contributed by atoms with Crippen LogP contribution in [0.15, 0.2) is 48.5 Å². The third kappa shape index (κ3) is 5.55. The van der Waals surface area contributed by atoms with Crippen LogP contribution in [-0.2, 0) is 14.3 Å². The fraction of sp³-hybridized carbons (Fsp3) is 0.158. The number of carbonyl (C=O) groups is 2. The van der Waals surface area contributed by atoms with Crippen LogP contribution in [0.1, 0.15) is 12.5 Å². The van der Waals surface area contributed by atoms with E-state index >= 15 is 0 Å². The normalized spacial score (nSPS) is 11.7. The Morgan fingerprint density at radius 2 is 1.96 bits per heavy atom. The molecular formula is C19H17ClN2O6. The molecule has 9 heteroatoms. The summed E-state index contributed by atoms with van der Waals surface area (Å²) in [4.78, 5) is 34.4. The van der Waals surface area contributed by atoms with Gasteiger partial charge in [0.1, 0.15) is 10.8 Å². The highest BCUT2D eigenvalue weighted by molar-refractivity contribution is 6.32. The molecular weight excluding hydrogens is 388 g/mol. The van der Waals surface area contributed by atoms with E-state index in [0.717, 1.165) is 6.08 Å². The molecule has 0 radical (unpaired) electrons. The number of benzene rings is 2. The molecule has 0 aliphatic rings. The standard InChI is InChI=1S/C19H17ClN2O6/c1-12(19(24)21-15-5-3-4-6-17(15)27-2)28-18(23)10-8-13-7-9-14(20)16(11-13)22(25)26/h3-12H,1-2H3,(H,21,24)/b10-8+. The minimum Gasteiger partial charge on any atom is -0.495 e. The molecule has 2 aromatic rings. The average Bonchev–Trinajstić information content (AvgIpc) is 2.67. The van der Waals surface area contributed by atoms with Gasteiger partial charge in [0, 0.05) is 12.1 Å². The monoisotopic (exact) mass is 404 g/mol. The highest BCUT2D eigenvalue weighted by atomic mass is 35.5. The van der Waals surface area contributed by atoms with E-state index in [1.54, 1.807) is 24.3 Å². The second-order valence-electron chi connectivity index (χ2n) is 5.57. The molecule has 8 nitrogen and oxygen atoms in total. The van der Waals surface area contributed by atoms with Gasteiger partial charge in [-0.1, -0.05) is 29.8 Å². The maximum absolute atomic E-state index is 12.2. The lowest BCUT2D eigenvalue weighted by Crippen LogP contribution is -2.29. The van der Waals surface area contributed by atoms with Crippen molar-refractivity contribution in [3.63, 3.8) is 0 Å². The van der Waals surface area contributed by atoms with Crippen LogP contribution in [0.3, 0.4) is 0 Å². The number of methoxy groups -OCH3 is 1. The summed E-state index contributed by atoms with van der Waals surface area (Å²) >= 11 is 5.73. The summed E-state index contributed by atoms with van der Waals surface area (Å²) in [6.07, 6.45) is 1.33. The molecule has 1 amide bonds. The van der Waals surface area contributed by atoms with E-state index < -0.39 is 22.9 Å². The van der Waals surface area contributed by atoms with Crippen LogP contribution in [-0.4, -0.2) is 30.0 Å². The van der Waals surface area contributed by atoms with Crippen LogP contribution in [0.25, 0.3) is 6.08 Å². The summed E-state index contributed by atoms with van der Waals surface area (Å²) in [6, 6.07) is 10.9. The van der Waals surface area contributed by atoms with E-state index in [1.165, 1.54) is 38.3 Å². The van der Waals surface area contributed by atoms with Crippen LogP contribution in [0.4, 0.5) is 11.4 Å². The van der Waals surface area contributed by atoms with Gasteiger partial charge >= 0.3 is 5.97 Å². The van der Waals surface area contributed by atoms with Crippen molar-refractivity contribution in [2.75, 3.05) is 12.4 Å². The number of hydrogen-bond donors (Lipinski definition) is 1. The van der Waals surface area contributed by atoms with Crippen LogP contribution in [0.2, 0.25) is 5.02 Å². The van der Waals surface area contributed by atoms with E-state index in [9.17, 15) is 19.7 Å². The van der Waals surface area contributed by atoms with Gasteiger partial charge in [-0.25, -0.2) is 4.79 Å². The van der Waals surface area contributed by atoms with E-state index in [0.29, 0.717) is 17.0 Å². The summed E-state index contributed by atoms with van der Waals surface area (Å²) in [7, 11) is 1.47. The fourth-order valence-corrected chi connectivity index (χ4v) is 2.37. The minimum absolute atomic E-state index is 0.00800. The second kappa shape index (κ2) is 9.52. The molecule has 2 rings (SSSR count). The number of nitro benzene ring substituents is 1. The number of amides is 1. The number of hydrogen-bond acceptors (Lipinski definition) is 6. The summed E-state index contributed by atoms with van der Waals surface area (Å²) in [5.74, 6) is -0.840. The number of ether oxygens (including phenoxy) is 2. The van der Waals surface area contributed by atoms with Crippen LogP contribution >= 0.6 is 11.6 Å².